The zero-order valence-electron chi connectivity index (χ0n) is 11.7. The summed E-state index contributed by atoms with van der Waals surface area (Å²) in [6.45, 7) is 3.24. The van der Waals surface area contributed by atoms with Gasteiger partial charge in [0, 0.05) is 31.7 Å². The van der Waals surface area contributed by atoms with Gasteiger partial charge in [0.1, 0.15) is 0 Å². The zero-order chi connectivity index (χ0) is 13.5. The van der Waals surface area contributed by atoms with Gasteiger partial charge in [-0.2, -0.15) is 5.10 Å². The van der Waals surface area contributed by atoms with Crippen molar-refractivity contribution in [3.05, 3.63) is 48.0 Å². The molecule has 2 aromatic heterocycles. The van der Waals surface area contributed by atoms with Gasteiger partial charge in [0.25, 0.3) is 0 Å². The molecule has 2 aromatic rings. The molecule has 0 aliphatic carbocycles. The van der Waals surface area contributed by atoms with E-state index in [1.165, 1.54) is 11.1 Å². The third-order valence-electron chi connectivity index (χ3n) is 3.13. The Kier molecular flexibility index (Phi) is 5.10. The zero-order valence-corrected chi connectivity index (χ0v) is 11.7. The summed E-state index contributed by atoms with van der Waals surface area (Å²) in [5.74, 6) is 0. The molecule has 0 bridgehead atoms. The highest BCUT2D eigenvalue weighted by molar-refractivity contribution is 5.13. The highest BCUT2D eigenvalue weighted by Crippen LogP contribution is 2.08. The van der Waals surface area contributed by atoms with Crippen LogP contribution in [0.2, 0.25) is 0 Å². The molecular formula is C15H22N4. The van der Waals surface area contributed by atoms with E-state index in [-0.39, 0.29) is 0 Å². The van der Waals surface area contributed by atoms with Gasteiger partial charge in [-0.25, -0.2) is 0 Å². The molecule has 0 aromatic carbocycles. The van der Waals surface area contributed by atoms with Crippen LogP contribution in [0.3, 0.4) is 0 Å². The summed E-state index contributed by atoms with van der Waals surface area (Å²) in [5.41, 5.74) is 2.56. The van der Waals surface area contributed by atoms with Crippen LogP contribution in [-0.2, 0) is 19.9 Å². The normalized spacial score (nSPS) is 12.5. The minimum absolute atomic E-state index is 0.438. The minimum Gasteiger partial charge on any atom is -0.313 e. The van der Waals surface area contributed by atoms with Gasteiger partial charge >= 0.3 is 0 Å². The Morgan fingerprint density at radius 2 is 2.11 bits per heavy atom. The molecule has 0 saturated carbocycles. The summed E-state index contributed by atoms with van der Waals surface area (Å²) >= 11 is 0. The van der Waals surface area contributed by atoms with Crippen LogP contribution in [0.15, 0.2) is 36.9 Å². The van der Waals surface area contributed by atoms with E-state index in [4.69, 9.17) is 0 Å². The fraction of sp³-hybridized carbons (Fsp3) is 0.467. The van der Waals surface area contributed by atoms with E-state index in [0.717, 1.165) is 25.8 Å². The maximum Gasteiger partial charge on any atom is 0.0522 e. The van der Waals surface area contributed by atoms with Gasteiger partial charge in [-0.3, -0.25) is 9.67 Å². The summed E-state index contributed by atoms with van der Waals surface area (Å²) < 4.78 is 1.86. The van der Waals surface area contributed by atoms with Crippen molar-refractivity contribution < 1.29 is 0 Å². The summed E-state index contributed by atoms with van der Waals surface area (Å²) in [6.07, 6.45) is 11.0. The molecule has 0 spiro atoms. The van der Waals surface area contributed by atoms with Crippen molar-refractivity contribution in [3.8, 4) is 0 Å². The lowest BCUT2D eigenvalue weighted by molar-refractivity contribution is 0.504. The van der Waals surface area contributed by atoms with Crippen LogP contribution >= 0.6 is 0 Å². The molecule has 0 amide bonds. The lowest BCUT2D eigenvalue weighted by atomic mass is 10.0. The van der Waals surface area contributed by atoms with Crippen LogP contribution in [0, 0.1) is 0 Å². The second-order valence-corrected chi connectivity index (χ2v) is 4.94. The first-order valence-electron chi connectivity index (χ1n) is 6.87. The molecular weight excluding hydrogens is 236 g/mol. The van der Waals surface area contributed by atoms with Crippen molar-refractivity contribution in [2.45, 2.75) is 32.2 Å². The summed E-state index contributed by atoms with van der Waals surface area (Å²) in [7, 11) is 1.96. The molecule has 2 heterocycles. The first-order chi connectivity index (χ1) is 9.28. The first-order valence-corrected chi connectivity index (χ1v) is 6.87. The number of pyridine rings is 1. The highest BCUT2D eigenvalue weighted by Gasteiger charge is 2.11. The fourth-order valence-electron chi connectivity index (χ4n) is 2.23. The molecule has 1 atom stereocenters. The smallest absolute Gasteiger partial charge is 0.0522 e. The van der Waals surface area contributed by atoms with E-state index in [0.29, 0.717) is 6.04 Å². The van der Waals surface area contributed by atoms with Crippen molar-refractivity contribution in [1.82, 2.24) is 20.1 Å². The van der Waals surface area contributed by atoms with Gasteiger partial charge in [-0.15, -0.1) is 0 Å². The average Bonchev–Trinajstić information content (AvgIpc) is 2.82. The minimum atomic E-state index is 0.438. The van der Waals surface area contributed by atoms with Crippen molar-refractivity contribution >= 4 is 0 Å². The van der Waals surface area contributed by atoms with Gasteiger partial charge in [0.2, 0.25) is 0 Å². The number of rotatable bonds is 7. The predicted octanol–water partition coefficient (Wildman–Crippen LogP) is 1.97. The maximum atomic E-state index is 4.23. The second-order valence-electron chi connectivity index (χ2n) is 4.94. The number of nitrogens with one attached hydrogen (secondary N) is 1. The molecule has 1 N–H and O–H groups in total. The van der Waals surface area contributed by atoms with Crippen LogP contribution in [-0.4, -0.2) is 27.4 Å². The van der Waals surface area contributed by atoms with Gasteiger partial charge < -0.3 is 5.32 Å². The molecule has 102 valence electrons. The standard InChI is InChI=1S/C15H22N4/c1-3-6-17-15(8-13-5-4-7-16-10-13)9-14-11-18-19(2)12-14/h4-5,7,10-12,15,17H,3,6,8-9H2,1-2H3. The third kappa shape index (κ3) is 4.48. The molecule has 2 rings (SSSR count). The lowest BCUT2D eigenvalue weighted by Crippen LogP contribution is -2.33. The Morgan fingerprint density at radius 3 is 2.74 bits per heavy atom. The van der Waals surface area contributed by atoms with Crippen LogP contribution in [0.1, 0.15) is 24.5 Å². The quantitative estimate of drug-likeness (QED) is 0.825. The Hall–Kier alpha value is -1.68. The summed E-state index contributed by atoms with van der Waals surface area (Å²) in [5, 5.41) is 7.84. The van der Waals surface area contributed by atoms with Crippen LogP contribution < -0.4 is 5.32 Å². The first kappa shape index (κ1) is 13.7. The van der Waals surface area contributed by atoms with E-state index in [1.807, 2.05) is 36.4 Å². The molecule has 0 saturated heterocycles. The van der Waals surface area contributed by atoms with E-state index in [2.05, 4.69) is 34.6 Å². The molecule has 0 aliphatic rings. The van der Waals surface area contributed by atoms with E-state index in [1.54, 1.807) is 0 Å². The second kappa shape index (κ2) is 7.04. The Labute approximate surface area is 114 Å². The number of nitrogens with zero attached hydrogens (tertiary/aromatic N) is 3. The van der Waals surface area contributed by atoms with Crippen molar-refractivity contribution in [2.75, 3.05) is 6.54 Å². The van der Waals surface area contributed by atoms with Gasteiger partial charge in [0.15, 0.2) is 0 Å². The SMILES string of the molecule is CCCNC(Cc1cccnc1)Cc1cnn(C)c1. The Bertz CT molecular complexity index is 478. The third-order valence-corrected chi connectivity index (χ3v) is 3.13. The van der Waals surface area contributed by atoms with E-state index in [9.17, 15) is 0 Å². The van der Waals surface area contributed by atoms with Crippen LogP contribution in [0.25, 0.3) is 0 Å². The average molecular weight is 258 g/mol. The number of aromatic nitrogens is 3. The molecule has 19 heavy (non-hydrogen) atoms. The van der Waals surface area contributed by atoms with Crippen LogP contribution in [0.5, 0.6) is 0 Å². The van der Waals surface area contributed by atoms with Crippen molar-refractivity contribution in [1.29, 1.82) is 0 Å². The Balaban J connectivity index is 1.99. The number of hydrogen-bond acceptors (Lipinski definition) is 3. The van der Waals surface area contributed by atoms with Crippen LogP contribution in [0.4, 0.5) is 0 Å². The van der Waals surface area contributed by atoms with Gasteiger partial charge in [0.05, 0.1) is 6.20 Å². The number of aryl methyl sites for hydroxylation is 1. The summed E-state index contributed by atoms with van der Waals surface area (Å²) in [4.78, 5) is 4.18. The molecule has 1 unspecified atom stereocenters. The molecule has 4 heteroatoms. The highest BCUT2D eigenvalue weighted by atomic mass is 15.2. The molecule has 0 radical (unpaired) electrons. The molecule has 0 aliphatic heterocycles. The molecule has 4 nitrogen and oxygen atoms in total. The maximum absolute atomic E-state index is 4.23. The predicted molar refractivity (Wildman–Crippen MR) is 76.9 cm³/mol. The summed E-state index contributed by atoms with van der Waals surface area (Å²) in [6, 6.07) is 4.57. The largest absolute Gasteiger partial charge is 0.313 e. The van der Waals surface area contributed by atoms with E-state index < -0.39 is 0 Å². The lowest BCUT2D eigenvalue weighted by Gasteiger charge is -2.17. The van der Waals surface area contributed by atoms with Crippen molar-refractivity contribution in [2.24, 2.45) is 7.05 Å². The Morgan fingerprint density at radius 1 is 1.26 bits per heavy atom. The topological polar surface area (TPSA) is 42.7 Å². The van der Waals surface area contributed by atoms with E-state index >= 15 is 0 Å². The monoisotopic (exact) mass is 258 g/mol. The van der Waals surface area contributed by atoms with Crippen molar-refractivity contribution in [3.63, 3.8) is 0 Å². The molecule has 0 fully saturated rings. The van der Waals surface area contributed by atoms with Gasteiger partial charge in [-0.05, 0) is 43.0 Å². The number of hydrogen-bond donors (Lipinski definition) is 1. The fourth-order valence-corrected chi connectivity index (χ4v) is 2.23. The van der Waals surface area contributed by atoms with Gasteiger partial charge in [-0.1, -0.05) is 13.0 Å².